The Balaban J connectivity index is 2.47. The molecule has 0 aromatic carbocycles. The van der Waals surface area contributed by atoms with Crippen LogP contribution in [0.5, 0.6) is 0 Å². The molecule has 1 atom stereocenters. The van der Waals surface area contributed by atoms with E-state index < -0.39 is 5.60 Å². The molecule has 0 aromatic rings. The molecule has 1 aliphatic heterocycles. The molecule has 1 fully saturated rings. The van der Waals surface area contributed by atoms with Gasteiger partial charge in [-0.25, -0.2) is 0 Å². The van der Waals surface area contributed by atoms with Crippen LogP contribution in [0.3, 0.4) is 0 Å². The first kappa shape index (κ1) is 14.5. The van der Waals surface area contributed by atoms with Gasteiger partial charge in [-0.2, -0.15) is 0 Å². The summed E-state index contributed by atoms with van der Waals surface area (Å²) in [5.74, 6) is -0.0526. The number of methoxy groups -OCH3 is 1. The maximum atomic E-state index is 11.9. The molecule has 0 bridgehead atoms. The van der Waals surface area contributed by atoms with Gasteiger partial charge in [0.2, 0.25) is 0 Å². The average Bonchev–Trinajstić information content (AvgIpc) is 2.26. The number of piperidine rings is 1. The molecule has 1 aliphatic rings. The molecule has 4 nitrogen and oxygen atoms in total. The van der Waals surface area contributed by atoms with Crippen LogP contribution in [0.1, 0.15) is 40.5 Å². The summed E-state index contributed by atoms with van der Waals surface area (Å²) in [6.45, 7) is 9.76. The lowest BCUT2D eigenvalue weighted by atomic mass is 9.77. The molecule has 2 N–H and O–H groups in total. The number of hydrogen-bond acceptors (Lipinski definition) is 3. The first-order valence-corrected chi connectivity index (χ1v) is 6.36. The van der Waals surface area contributed by atoms with Gasteiger partial charge in [0.05, 0.1) is 0 Å². The maximum Gasteiger partial charge on any atom is 0.251 e. The van der Waals surface area contributed by atoms with Crippen molar-refractivity contribution in [3.05, 3.63) is 0 Å². The van der Waals surface area contributed by atoms with Crippen molar-refractivity contribution in [1.82, 2.24) is 10.6 Å². The van der Waals surface area contributed by atoms with E-state index in [1.165, 1.54) is 12.8 Å². The number of rotatable bonds is 4. The third kappa shape index (κ3) is 3.68. The number of hydrogen-bond donors (Lipinski definition) is 2. The van der Waals surface area contributed by atoms with E-state index in [2.05, 4.69) is 24.5 Å². The largest absolute Gasteiger partial charge is 0.369 e. The van der Waals surface area contributed by atoms with E-state index in [1.807, 2.05) is 0 Å². The van der Waals surface area contributed by atoms with Crippen LogP contribution in [-0.2, 0) is 9.53 Å². The highest BCUT2D eigenvalue weighted by Gasteiger charge is 2.33. The van der Waals surface area contributed by atoms with Crippen LogP contribution in [0.25, 0.3) is 0 Å². The van der Waals surface area contributed by atoms with Gasteiger partial charge in [0.1, 0.15) is 5.60 Å². The molecule has 0 aliphatic carbocycles. The molecule has 100 valence electrons. The monoisotopic (exact) mass is 242 g/mol. The summed E-state index contributed by atoms with van der Waals surface area (Å²) in [6.07, 6.45) is 2.41. The molecule has 1 amide bonds. The average molecular weight is 242 g/mol. The predicted molar refractivity (Wildman–Crippen MR) is 68.9 cm³/mol. The Morgan fingerprint density at radius 3 is 2.71 bits per heavy atom. The smallest absolute Gasteiger partial charge is 0.251 e. The molecule has 17 heavy (non-hydrogen) atoms. The van der Waals surface area contributed by atoms with Crippen molar-refractivity contribution in [2.45, 2.75) is 52.2 Å². The Morgan fingerprint density at radius 1 is 1.53 bits per heavy atom. The summed E-state index contributed by atoms with van der Waals surface area (Å²) in [5.41, 5.74) is -0.512. The lowest BCUT2D eigenvalue weighted by Crippen LogP contribution is -2.55. The number of ether oxygens (including phenoxy) is 1. The van der Waals surface area contributed by atoms with Crippen LogP contribution in [0.2, 0.25) is 0 Å². The number of amides is 1. The molecule has 0 spiro atoms. The molecule has 1 heterocycles. The minimum atomic E-state index is -0.751. The highest BCUT2D eigenvalue weighted by atomic mass is 16.5. The molecule has 0 aromatic heterocycles. The van der Waals surface area contributed by atoms with E-state index in [1.54, 1.807) is 21.0 Å². The van der Waals surface area contributed by atoms with Gasteiger partial charge >= 0.3 is 0 Å². The first-order chi connectivity index (χ1) is 7.79. The Labute approximate surface area is 104 Å². The highest BCUT2D eigenvalue weighted by molar-refractivity contribution is 5.84. The van der Waals surface area contributed by atoms with Crippen LogP contribution in [0.4, 0.5) is 0 Å². The summed E-state index contributed by atoms with van der Waals surface area (Å²) in [7, 11) is 1.56. The zero-order valence-electron chi connectivity index (χ0n) is 11.7. The minimum absolute atomic E-state index is 0.0526. The van der Waals surface area contributed by atoms with E-state index in [-0.39, 0.29) is 11.3 Å². The molecule has 0 saturated carbocycles. The van der Waals surface area contributed by atoms with Gasteiger partial charge in [-0.15, -0.1) is 0 Å². The quantitative estimate of drug-likeness (QED) is 0.781. The second-order valence-corrected chi connectivity index (χ2v) is 6.02. The Kier molecular flexibility index (Phi) is 4.55. The van der Waals surface area contributed by atoms with Crippen molar-refractivity contribution >= 4 is 5.91 Å². The number of nitrogens with one attached hydrogen (secondary N) is 2. The van der Waals surface area contributed by atoms with Gasteiger partial charge in [0, 0.05) is 19.7 Å². The van der Waals surface area contributed by atoms with Gasteiger partial charge < -0.3 is 15.4 Å². The maximum absolute atomic E-state index is 11.9. The second kappa shape index (κ2) is 5.36. The fourth-order valence-electron chi connectivity index (χ4n) is 2.12. The first-order valence-electron chi connectivity index (χ1n) is 6.36. The summed E-state index contributed by atoms with van der Waals surface area (Å²) in [4.78, 5) is 11.9. The van der Waals surface area contributed by atoms with E-state index >= 15 is 0 Å². The molecule has 1 unspecified atom stereocenters. The molecular weight excluding hydrogens is 216 g/mol. The summed E-state index contributed by atoms with van der Waals surface area (Å²) in [6, 6.07) is 0.341. The van der Waals surface area contributed by atoms with Gasteiger partial charge in [0.25, 0.3) is 5.91 Å². The van der Waals surface area contributed by atoms with Crippen molar-refractivity contribution < 1.29 is 9.53 Å². The van der Waals surface area contributed by atoms with E-state index in [9.17, 15) is 4.79 Å². The standard InChI is InChI=1S/C13H26N2O2/c1-12(2)7-6-8-14-10(12)9-15-11(16)13(3,4)17-5/h10,14H,6-9H2,1-5H3,(H,15,16). The molecule has 0 radical (unpaired) electrons. The topological polar surface area (TPSA) is 50.4 Å². The Hall–Kier alpha value is -0.610. The van der Waals surface area contributed by atoms with Crippen molar-refractivity contribution in [1.29, 1.82) is 0 Å². The fraction of sp³-hybridized carbons (Fsp3) is 0.923. The van der Waals surface area contributed by atoms with Gasteiger partial charge in [-0.3, -0.25) is 4.79 Å². The van der Waals surface area contributed by atoms with Crippen molar-refractivity contribution in [2.24, 2.45) is 5.41 Å². The van der Waals surface area contributed by atoms with Crippen LogP contribution in [-0.4, -0.2) is 37.7 Å². The van der Waals surface area contributed by atoms with Crippen molar-refractivity contribution in [3.8, 4) is 0 Å². The highest BCUT2D eigenvalue weighted by Crippen LogP contribution is 2.29. The summed E-state index contributed by atoms with van der Waals surface area (Å²) >= 11 is 0. The zero-order chi connectivity index (χ0) is 13.1. The predicted octanol–water partition coefficient (Wildman–Crippen LogP) is 1.31. The lowest BCUT2D eigenvalue weighted by Gasteiger charge is -2.40. The van der Waals surface area contributed by atoms with Gasteiger partial charge in [0.15, 0.2) is 0 Å². The minimum Gasteiger partial charge on any atom is -0.369 e. The van der Waals surface area contributed by atoms with Gasteiger partial charge in [-0.1, -0.05) is 13.8 Å². The van der Waals surface area contributed by atoms with Crippen molar-refractivity contribution in [2.75, 3.05) is 20.2 Å². The van der Waals surface area contributed by atoms with Crippen LogP contribution in [0, 0.1) is 5.41 Å². The summed E-state index contributed by atoms with van der Waals surface area (Å²) in [5, 5.41) is 6.45. The van der Waals surface area contributed by atoms with E-state index in [0.717, 1.165) is 6.54 Å². The van der Waals surface area contributed by atoms with E-state index in [0.29, 0.717) is 12.6 Å². The molecule has 1 rings (SSSR count). The molecule has 4 heteroatoms. The van der Waals surface area contributed by atoms with Gasteiger partial charge in [-0.05, 0) is 38.6 Å². The third-order valence-electron chi connectivity index (χ3n) is 3.86. The lowest BCUT2D eigenvalue weighted by molar-refractivity contribution is -0.139. The molecule has 1 saturated heterocycles. The zero-order valence-corrected chi connectivity index (χ0v) is 11.7. The van der Waals surface area contributed by atoms with E-state index in [4.69, 9.17) is 4.74 Å². The van der Waals surface area contributed by atoms with Crippen LogP contribution in [0.15, 0.2) is 0 Å². The number of carbonyl (C=O) groups is 1. The Morgan fingerprint density at radius 2 is 2.18 bits per heavy atom. The SMILES string of the molecule is COC(C)(C)C(=O)NCC1NCCCC1(C)C. The third-order valence-corrected chi connectivity index (χ3v) is 3.86. The van der Waals surface area contributed by atoms with Crippen LogP contribution < -0.4 is 10.6 Å². The Bertz CT molecular complexity index is 275. The summed E-state index contributed by atoms with van der Waals surface area (Å²) < 4.78 is 5.16. The van der Waals surface area contributed by atoms with Crippen molar-refractivity contribution in [3.63, 3.8) is 0 Å². The second-order valence-electron chi connectivity index (χ2n) is 6.02. The number of carbonyl (C=O) groups excluding carboxylic acids is 1. The van der Waals surface area contributed by atoms with Crippen LogP contribution >= 0.6 is 0 Å². The fourth-order valence-corrected chi connectivity index (χ4v) is 2.12. The molecular formula is C13H26N2O2. The normalized spacial score (nSPS) is 24.4.